The van der Waals surface area contributed by atoms with Crippen molar-refractivity contribution in [2.24, 2.45) is 0 Å². The summed E-state index contributed by atoms with van der Waals surface area (Å²) < 4.78 is 12.9. The van der Waals surface area contributed by atoms with Crippen LogP contribution in [-0.4, -0.2) is 17.3 Å². The van der Waals surface area contributed by atoms with Crippen molar-refractivity contribution in [3.05, 3.63) is 35.6 Å². The highest BCUT2D eigenvalue weighted by atomic mass is 35.5. The number of benzene rings is 1. The van der Waals surface area contributed by atoms with Crippen LogP contribution in [0.25, 0.3) is 0 Å². The second-order valence-electron chi connectivity index (χ2n) is 4.04. The van der Waals surface area contributed by atoms with Crippen LogP contribution in [0, 0.1) is 5.82 Å². The molecular weight excluding hydrogens is 229 g/mol. The number of amides is 1. The largest absolute Gasteiger partial charge is 0.348 e. The Morgan fingerprint density at radius 2 is 2.25 bits per heavy atom. The summed E-state index contributed by atoms with van der Waals surface area (Å²) in [6, 6.07) is 5.68. The number of carbonyl (C=O) groups is 1. The van der Waals surface area contributed by atoms with Crippen LogP contribution in [0.3, 0.4) is 0 Å². The van der Waals surface area contributed by atoms with Crippen molar-refractivity contribution in [1.29, 1.82) is 0 Å². The SMILES string of the molecule is O=C(NC1CCCC1Cl)c1cccc(F)c1. The standard InChI is InChI=1S/C12H13ClFNO/c13-10-5-2-6-11(10)15-12(16)8-3-1-4-9(14)7-8/h1,3-4,7,10-11H,2,5-6H2,(H,15,16). The molecule has 2 nitrogen and oxygen atoms in total. The molecule has 16 heavy (non-hydrogen) atoms. The molecule has 1 aromatic carbocycles. The summed E-state index contributed by atoms with van der Waals surface area (Å²) in [4.78, 5) is 11.8. The summed E-state index contributed by atoms with van der Waals surface area (Å²) in [5, 5.41) is 2.83. The molecule has 86 valence electrons. The zero-order valence-corrected chi connectivity index (χ0v) is 9.51. The van der Waals surface area contributed by atoms with E-state index in [1.165, 1.54) is 18.2 Å². The first-order chi connectivity index (χ1) is 7.66. The number of hydrogen-bond acceptors (Lipinski definition) is 1. The molecule has 2 unspecified atom stereocenters. The van der Waals surface area contributed by atoms with Crippen molar-refractivity contribution >= 4 is 17.5 Å². The average Bonchev–Trinajstić information content (AvgIpc) is 2.64. The van der Waals surface area contributed by atoms with Gasteiger partial charge in [-0.2, -0.15) is 0 Å². The summed E-state index contributed by atoms with van der Waals surface area (Å²) >= 11 is 6.05. The molecule has 0 saturated heterocycles. The zero-order chi connectivity index (χ0) is 11.5. The van der Waals surface area contributed by atoms with E-state index in [4.69, 9.17) is 11.6 Å². The van der Waals surface area contributed by atoms with Crippen molar-refractivity contribution in [2.45, 2.75) is 30.7 Å². The zero-order valence-electron chi connectivity index (χ0n) is 8.75. The van der Waals surface area contributed by atoms with Crippen LogP contribution < -0.4 is 5.32 Å². The van der Waals surface area contributed by atoms with Gasteiger partial charge in [0.2, 0.25) is 0 Å². The maximum atomic E-state index is 12.9. The van der Waals surface area contributed by atoms with Crippen molar-refractivity contribution < 1.29 is 9.18 Å². The molecule has 4 heteroatoms. The molecule has 1 aliphatic rings. The summed E-state index contributed by atoms with van der Waals surface area (Å²) in [7, 11) is 0. The van der Waals surface area contributed by atoms with Gasteiger partial charge in [-0.05, 0) is 37.5 Å². The van der Waals surface area contributed by atoms with Crippen LogP contribution in [0.1, 0.15) is 29.6 Å². The first-order valence-electron chi connectivity index (χ1n) is 5.37. The minimum absolute atomic E-state index is 0.00231. The molecule has 1 aromatic rings. The number of carbonyl (C=O) groups excluding carboxylic acids is 1. The van der Waals surface area contributed by atoms with Gasteiger partial charge in [0.15, 0.2) is 0 Å². The molecule has 0 bridgehead atoms. The normalized spacial score (nSPS) is 24.4. The monoisotopic (exact) mass is 241 g/mol. The number of halogens is 2. The Balaban J connectivity index is 2.03. The van der Waals surface area contributed by atoms with Crippen molar-refractivity contribution in [3.8, 4) is 0 Å². The molecule has 2 atom stereocenters. The second kappa shape index (κ2) is 4.83. The highest BCUT2D eigenvalue weighted by Gasteiger charge is 2.26. The highest BCUT2D eigenvalue weighted by molar-refractivity contribution is 6.21. The molecule has 0 radical (unpaired) electrons. The Hall–Kier alpha value is -1.09. The summed E-state index contributed by atoms with van der Waals surface area (Å²) in [6.07, 6.45) is 2.85. The first-order valence-corrected chi connectivity index (χ1v) is 5.81. The lowest BCUT2D eigenvalue weighted by Crippen LogP contribution is -2.37. The van der Waals surface area contributed by atoms with Gasteiger partial charge in [0.05, 0.1) is 5.38 Å². The molecule has 1 amide bonds. The third-order valence-electron chi connectivity index (χ3n) is 2.83. The van der Waals surface area contributed by atoms with Crippen molar-refractivity contribution in [2.75, 3.05) is 0 Å². The molecule has 1 aliphatic carbocycles. The fraction of sp³-hybridized carbons (Fsp3) is 0.417. The Kier molecular flexibility index (Phi) is 3.44. The smallest absolute Gasteiger partial charge is 0.251 e. The predicted octanol–water partition coefficient (Wildman–Crippen LogP) is 2.72. The Morgan fingerprint density at radius 1 is 1.44 bits per heavy atom. The van der Waals surface area contributed by atoms with Crippen molar-refractivity contribution in [3.63, 3.8) is 0 Å². The molecule has 0 spiro atoms. The fourth-order valence-corrected chi connectivity index (χ4v) is 2.30. The van der Waals surface area contributed by atoms with Gasteiger partial charge in [-0.15, -0.1) is 11.6 Å². The maximum Gasteiger partial charge on any atom is 0.251 e. The minimum atomic E-state index is -0.401. The minimum Gasteiger partial charge on any atom is -0.348 e. The van der Waals surface area contributed by atoms with E-state index in [0.717, 1.165) is 19.3 Å². The van der Waals surface area contributed by atoms with Crippen LogP contribution >= 0.6 is 11.6 Å². The summed E-state index contributed by atoms with van der Waals surface area (Å²) in [5.74, 6) is -0.654. The number of nitrogens with one attached hydrogen (secondary N) is 1. The topological polar surface area (TPSA) is 29.1 Å². The number of hydrogen-bond donors (Lipinski definition) is 1. The summed E-state index contributed by atoms with van der Waals surface area (Å²) in [5.41, 5.74) is 0.343. The molecule has 2 rings (SSSR count). The lowest BCUT2D eigenvalue weighted by Gasteiger charge is -2.15. The quantitative estimate of drug-likeness (QED) is 0.793. The van der Waals surface area contributed by atoms with E-state index in [0.29, 0.717) is 5.56 Å². The van der Waals surface area contributed by atoms with E-state index in [9.17, 15) is 9.18 Å². The third-order valence-corrected chi connectivity index (χ3v) is 3.36. The fourth-order valence-electron chi connectivity index (χ4n) is 1.96. The van der Waals surface area contributed by atoms with Crippen molar-refractivity contribution in [1.82, 2.24) is 5.32 Å². The van der Waals surface area contributed by atoms with E-state index in [2.05, 4.69) is 5.32 Å². The molecule has 1 N–H and O–H groups in total. The molecule has 0 aromatic heterocycles. The first kappa shape index (κ1) is 11.4. The third kappa shape index (κ3) is 2.53. The van der Waals surface area contributed by atoms with Gasteiger partial charge < -0.3 is 5.32 Å². The van der Waals surface area contributed by atoms with Crippen LogP contribution in [0.2, 0.25) is 0 Å². The van der Waals surface area contributed by atoms with Crippen LogP contribution in [0.5, 0.6) is 0 Å². The van der Waals surface area contributed by atoms with Crippen LogP contribution in [0.15, 0.2) is 24.3 Å². The molecule has 1 saturated carbocycles. The van der Waals surface area contributed by atoms with E-state index in [-0.39, 0.29) is 17.3 Å². The molecular formula is C12H13ClFNO. The number of rotatable bonds is 2. The second-order valence-corrected chi connectivity index (χ2v) is 4.60. The Bertz CT molecular complexity index is 396. The maximum absolute atomic E-state index is 12.9. The van der Waals surface area contributed by atoms with E-state index >= 15 is 0 Å². The van der Waals surface area contributed by atoms with E-state index in [1.54, 1.807) is 6.07 Å². The lowest BCUT2D eigenvalue weighted by atomic mass is 10.2. The average molecular weight is 242 g/mol. The van der Waals surface area contributed by atoms with E-state index < -0.39 is 5.82 Å². The molecule has 0 aliphatic heterocycles. The lowest BCUT2D eigenvalue weighted by molar-refractivity contribution is 0.0938. The van der Waals surface area contributed by atoms with Gasteiger partial charge in [0.1, 0.15) is 5.82 Å². The van der Waals surface area contributed by atoms with Gasteiger partial charge >= 0.3 is 0 Å². The van der Waals surface area contributed by atoms with Gasteiger partial charge in [-0.3, -0.25) is 4.79 Å². The number of alkyl halides is 1. The van der Waals surface area contributed by atoms with Crippen LogP contribution in [0.4, 0.5) is 4.39 Å². The van der Waals surface area contributed by atoms with Gasteiger partial charge in [0, 0.05) is 11.6 Å². The summed E-state index contributed by atoms with van der Waals surface area (Å²) in [6.45, 7) is 0. The molecule has 0 heterocycles. The Labute approximate surface area is 98.8 Å². The van der Waals surface area contributed by atoms with Crippen LogP contribution in [-0.2, 0) is 0 Å². The Morgan fingerprint density at radius 3 is 2.88 bits per heavy atom. The molecule has 1 fully saturated rings. The van der Waals surface area contributed by atoms with Gasteiger partial charge in [0.25, 0.3) is 5.91 Å². The van der Waals surface area contributed by atoms with Gasteiger partial charge in [-0.1, -0.05) is 6.07 Å². The van der Waals surface area contributed by atoms with Gasteiger partial charge in [-0.25, -0.2) is 4.39 Å². The highest BCUT2D eigenvalue weighted by Crippen LogP contribution is 2.24. The van der Waals surface area contributed by atoms with E-state index in [1.807, 2.05) is 0 Å². The predicted molar refractivity (Wildman–Crippen MR) is 61.1 cm³/mol.